The van der Waals surface area contributed by atoms with Crippen molar-refractivity contribution in [1.82, 2.24) is 5.32 Å². The minimum absolute atomic E-state index is 0.109. The van der Waals surface area contributed by atoms with E-state index in [2.05, 4.69) is 31.3 Å². The van der Waals surface area contributed by atoms with E-state index in [0.717, 1.165) is 31.1 Å². The lowest BCUT2D eigenvalue weighted by Gasteiger charge is -2.35. The van der Waals surface area contributed by atoms with Gasteiger partial charge in [0.05, 0.1) is 12.7 Å². The third-order valence-electron chi connectivity index (χ3n) is 5.33. The van der Waals surface area contributed by atoms with E-state index >= 15 is 0 Å². The molecular formula is C22H41NO4. The number of allylic oxidation sites excluding steroid dienone is 2. The second kappa shape index (κ2) is 11.8. The van der Waals surface area contributed by atoms with Crippen molar-refractivity contribution in [2.75, 3.05) is 13.7 Å². The van der Waals surface area contributed by atoms with E-state index in [1.807, 2.05) is 20.8 Å². The lowest BCUT2D eigenvalue weighted by molar-refractivity contribution is -0.163. The molecular weight excluding hydrogens is 342 g/mol. The minimum atomic E-state index is -0.857. The summed E-state index contributed by atoms with van der Waals surface area (Å²) in [4.78, 5) is 11.8. The van der Waals surface area contributed by atoms with Crippen LogP contribution in [0.2, 0.25) is 0 Å². The lowest BCUT2D eigenvalue weighted by Crippen LogP contribution is -2.42. The van der Waals surface area contributed by atoms with Gasteiger partial charge in [-0.1, -0.05) is 25.5 Å². The topological polar surface area (TPSA) is 67.8 Å². The fraction of sp³-hybridized carbons (Fsp3) is 0.864. The number of aliphatic hydroxyl groups excluding tert-OH is 1. The summed E-state index contributed by atoms with van der Waals surface area (Å²) >= 11 is 0. The monoisotopic (exact) mass is 383 g/mol. The van der Waals surface area contributed by atoms with Gasteiger partial charge in [0.1, 0.15) is 0 Å². The molecule has 0 aromatic rings. The van der Waals surface area contributed by atoms with E-state index in [-0.39, 0.29) is 23.5 Å². The molecule has 0 saturated heterocycles. The average molecular weight is 384 g/mol. The van der Waals surface area contributed by atoms with E-state index in [4.69, 9.17) is 9.47 Å². The van der Waals surface area contributed by atoms with Crippen LogP contribution in [0.25, 0.3) is 0 Å². The molecule has 5 nitrogen and oxygen atoms in total. The molecule has 0 bridgehead atoms. The van der Waals surface area contributed by atoms with Crippen LogP contribution < -0.4 is 5.32 Å². The quantitative estimate of drug-likeness (QED) is 0.302. The first-order valence-electron chi connectivity index (χ1n) is 10.5. The van der Waals surface area contributed by atoms with Gasteiger partial charge in [0.15, 0.2) is 6.29 Å². The molecule has 2 N–H and O–H groups in total. The van der Waals surface area contributed by atoms with Crippen LogP contribution in [0.4, 0.5) is 0 Å². The Labute approximate surface area is 165 Å². The maximum atomic E-state index is 11.8. The first-order valence-corrected chi connectivity index (χ1v) is 10.5. The molecule has 0 unspecified atom stereocenters. The third-order valence-corrected chi connectivity index (χ3v) is 5.33. The van der Waals surface area contributed by atoms with Crippen molar-refractivity contribution in [1.29, 1.82) is 0 Å². The van der Waals surface area contributed by atoms with Gasteiger partial charge in [-0.3, -0.25) is 4.79 Å². The molecule has 0 aromatic carbocycles. The van der Waals surface area contributed by atoms with Crippen LogP contribution in [0.1, 0.15) is 73.1 Å². The van der Waals surface area contributed by atoms with Crippen LogP contribution in [-0.4, -0.2) is 42.7 Å². The summed E-state index contributed by atoms with van der Waals surface area (Å²) < 4.78 is 10.4. The van der Waals surface area contributed by atoms with Crippen molar-refractivity contribution in [2.45, 2.75) is 91.1 Å². The summed E-state index contributed by atoms with van der Waals surface area (Å²) in [5.41, 5.74) is -0.386. The van der Waals surface area contributed by atoms with E-state index in [0.29, 0.717) is 13.0 Å². The number of esters is 1. The minimum Gasteiger partial charge on any atom is -0.469 e. The molecule has 0 spiro atoms. The number of methoxy groups -OCH3 is 1. The van der Waals surface area contributed by atoms with Gasteiger partial charge in [-0.05, 0) is 71.1 Å². The van der Waals surface area contributed by atoms with Gasteiger partial charge in [-0.2, -0.15) is 0 Å². The first kappa shape index (κ1) is 24.1. The van der Waals surface area contributed by atoms with Gasteiger partial charge in [-0.15, -0.1) is 0 Å². The molecule has 0 aromatic heterocycles. The Kier molecular flexibility index (Phi) is 10.6. The highest BCUT2D eigenvalue weighted by molar-refractivity contribution is 5.69. The molecule has 158 valence electrons. The molecule has 0 amide bonds. The Bertz CT molecular complexity index is 452. The fourth-order valence-electron chi connectivity index (χ4n) is 3.69. The highest BCUT2D eigenvalue weighted by Gasteiger charge is 2.29. The number of hydrogen-bond donors (Lipinski definition) is 2. The van der Waals surface area contributed by atoms with Crippen LogP contribution in [0.3, 0.4) is 0 Å². The van der Waals surface area contributed by atoms with Crippen LogP contribution in [0.15, 0.2) is 12.2 Å². The van der Waals surface area contributed by atoms with Gasteiger partial charge < -0.3 is 19.9 Å². The maximum absolute atomic E-state index is 11.8. The molecule has 5 heteroatoms. The van der Waals surface area contributed by atoms with Gasteiger partial charge in [0, 0.05) is 19.0 Å². The number of ether oxygens (including phenoxy) is 2. The molecule has 1 rings (SSSR count). The number of aliphatic hydroxyl groups is 1. The standard InChI is InChI=1S/C22H41NO4/c1-7-8-9-17-12-18(13-17)10-11-19(14-20(24)26-6)16(2)23-15-21(25)27-22(3,4)5/h8-9,16-19,21,23,25H,7,10-15H2,1-6H3/b9-8-/t16-,17?,18?,19-,21-/m1/s1. The smallest absolute Gasteiger partial charge is 0.305 e. The van der Waals surface area contributed by atoms with Crippen molar-refractivity contribution in [2.24, 2.45) is 17.8 Å². The Balaban J connectivity index is 2.43. The summed E-state index contributed by atoms with van der Waals surface area (Å²) in [5, 5.41) is 13.4. The second-order valence-electron chi connectivity index (χ2n) is 8.93. The SMILES string of the molecule is CC/C=C\C1CC(CC[C@H](CC(=O)OC)[C@@H](C)NC[C@H](O)OC(C)(C)C)C1. The predicted octanol–water partition coefficient (Wildman–Crippen LogP) is 4.05. The summed E-state index contributed by atoms with van der Waals surface area (Å²) in [5.74, 6) is 1.54. The number of rotatable bonds is 12. The predicted molar refractivity (Wildman–Crippen MR) is 109 cm³/mol. The first-order chi connectivity index (χ1) is 12.6. The number of nitrogens with one attached hydrogen (secondary N) is 1. The molecule has 1 aliphatic carbocycles. The lowest BCUT2D eigenvalue weighted by atomic mass is 9.71. The second-order valence-corrected chi connectivity index (χ2v) is 8.93. The molecule has 27 heavy (non-hydrogen) atoms. The molecule has 3 atom stereocenters. The van der Waals surface area contributed by atoms with Crippen molar-refractivity contribution >= 4 is 5.97 Å². The zero-order valence-electron chi connectivity index (χ0n) is 18.2. The van der Waals surface area contributed by atoms with E-state index in [9.17, 15) is 9.90 Å². The van der Waals surface area contributed by atoms with Crippen molar-refractivity contribution in [3.63, 3.8) is 0 Å². The Hall–Kier alpha value is -0.910. The zero-order chi connectivity index (χ0) is 20.4. The highest BCUT2D eigenvalue weighted by Crippen LogP contribution is 2.39. The van der Waals surface area contributed by atoms with Crippen molar-refractivity contribution in [3.8, 4) is 0 Å². The maximum Gasteiger partial charge on any atom is 0.305 e. The number of carbonyl (C=O) groups is 1. The van der Waals surface area contributed by atoms with E-state index in [1.165, 1.54) is 20.0 Å². The highest BCUT2D eigenvalue weighted by atomic mass is 16.6. The van der Waals surface area contributed by atoms with Gasteiger partial charge >= 0.3 is 5.97 Å². The molecule has 0 aliphatic heterocycles. The molecule has 0 radical (unpaired) electrons. The molecule has 1 saturated carbocycles. The van der Waals surface area contributed by atoms with Gasteiger partial charge in [0.2, 0.25) is 0 Å². The molecule has 1 aliphatic rings. The van der Waals surface area contributed by atoms with Crippen molar-refractivity contribution in [3.05, 3.63) is 12.2 Å². The number of hydrogen-bond acceptors (Lipinski definition) is 5. The largest absolute Gasteiger partial charge is 0.469 e. The zero-order valence-corrected chi connectivity index (χ0v) is 18.2. The number of carbonyl (C=O) groups excluding carboxylic acids is 1. The Morgan fingerprint density at radius 1 is 1.33 bits per heavy atom. The third kappa shape index (κ3) is 10.3. The van der Waals surface area contributed by atoms with Crippen LogP contribution in [0.5, 0.6) is 0 Å². The van der Waals surface area contributed by atoms with Crippen LogP contribution in [0, 0.1) is 17.8 Å². The summed E-state index contributed by atoms with van der Waals surface area (Å²) in [6, 6.07) is 0.109. The summed E-state index contributed by atoms with van der Waals surface area (Å²) in [6.45, 7) is 10.3. The van der Waals surface area contributed by atoms with E-state index in [1.54, 1.807) is 0 Å². The Morgan fingerprint density at radius 3 is 2.56 bits per heavy atom. The van der Waals surface area contributed by atoms with Gasteiger partial charge in [-0.25, -0.2) is 0 Å². The van der Waals surface area contributed by atoms with Crippen LogP contribution in [-0.2, 0) is 14.3 Å². The average Bonchev–Trinajstić information content (AvgIpc) is 2.54. The van der Waals surface area contributed by atoms with Crippen molar-refractivity contribution < 1.29 is 19.4 Å². The molecule has 0 heterocycles. The fourth-order valence-corrected chi connectivity index (χ4v) is 3.69. The summed E-state index contributed by atoms with van der Waals surface area (Å²) in [6.07, 6.45) is 9.94. The Morgan fingerprint density at radius 2 is 2.00 bits per heavy atom. The normalized spacial score (nSPS) is 23.7. The molecule has 1 fully saturated rings. The van der Waals surface area contributed by atoms with Gasteiger partial charge in [0.25, 0.3) is 0 Å². The van der Waals surface area contributed by atoms with E-state index < -0.39 is 6.29 Å². The summed E-state index contributed by atoms with van der Waals surface area (Å²) in [7, 11) is 1.44. The van der Waals surface area contributed by atoms with Crippen LogP contribution >= 0.6 is 0 Å².